The molecule has 1 aliphatic heterocycles. The Labute approximate surface area is 135 Å². The van der Waals surface area contributed by atoms with Crippen molar-refractivity contribution in [1.29, 1.82) is 0 Å². The van der Waals surface area contributed by atoms with Crippen molar-refractivity contribution >= 4 is 11.7 Å². The normalized spacial score (nSPS) is 17.1. The number of hydrogen-bond donors (Lipinski definition) is 2. The molecule has 1 fully saturated rings. The van der Waals surface area contributed by atoms with Crippen LogP contribution in [0.25, 0.3) is 0 Å². The minimum Gasteiger partial charge on any atom is -0.380 e. The van der Waals surface area contributed by atoms with Crippen molar-refractivity contribution in [3.05, 3.63) is 66.0 Å². The number of nitrogens with one attached hydrogen (secondary N) is 2. The zero-order chi connectivity index (χ0) is 16.1. The van der Waals surface area contributed by atoms with Crippen LogP contribution in [0, 0.1) is 5.82 Å². The first-order valence-electron chi connectivity index (χ1n) is 7.80. The van der Waals surface area contributed by atoms with Gasteiger partial charge in [0.05, 0.1) is 0 Å². The zero-order valence-electron chi connectivity index (χ0n) is 12.8. The van der Waals surface area contributed by atoms with Crippen LogP contribution in [0.3, 0.4) is 0 Å². The standard InChI is InChI=1S/C18H20FN3O/c19-17-9-5-4-6-14(17)12-20-18(23)22-11-10-16(13-22)21-15-7-2-1-3-8-15/h1-9,16,21H,10-13H2,(H,20,23)/t16-/m0/s1. The second kappa shape index (κ2) is 7.13. The van der Waals surface area contributed by atoms with Crippen molar-refractivity contribution in [2.45, 2.75) is 19.0 Å². The topological polar surface area (TPSA) is 44.4 Å². The maximum atomic E-state index is 13.5. The van der Waals surface area contributed by atoms with E-state index in [1.54, 1.807) is 23.1 Å². The minimum atomic E-state index is -0.294. The van der Waals surface area contributed by atoms with E-state index in [9.17, 15) is 9.18 Å². The van der Waals surface area contributed by atoms with E-state index in [4.69, 9.17) is 0 Å². The highest BCUT2D eigenvalue weighted by Gasteiger charge is 2.25. The molecule has 2 aromatic carbocycles. The van der Waals surface area contributed by atoms with Crippen LogP contribution >= 0.6 is 0 Å². The first-order chi connectivity index (χ1) is 11.2. The molecule has 0 spiro atoms. The highest BCUT2D eigenvalue weighted by Crippen LogP contribution is 2.16. The number of carbonyl (C=O) groups excluding carboxylic acids is 1. The van der Waals surface area contributed by atoms with Gasteiger partial charge in [-0.05, 0) is 24.6 Å². The van der Waals surface area contributed by atoms with Crippen LogP contribution in [0.15, 0.2) is 54.6 Å². The van der Waals surface area contributed by atoms with E-state index in [0.29, 0.717) is 18.7 Å². The van der Waals surface area contributed by atoms with Gasteiger partial charge >= 0.3 is 6.03 Å². The number of benzene rings is 2. The quantitative estimate of drug-likeness (QED) is 0.910. The number of para-hydroxylation sites is 1. The van der Waals surface area contributed by atoms with E-state index < -0.39 is 0 Å². The molecule has 0 saturated carbocycles. The fraction of sp³-hybridized carbons (Fsp3) is 0.278. The molecule has 0 radical (unpaired) electrons. The van der Waals surface area contributed by atoms with Crippen molar-refractivity contribution < 1.29 is 9.18 Å². The molecule has 2 N–H and O–H groups in total. The largest absolute Gasteiger partial charge is 0.380 e. The summed E-state index contributed by atoms with van der Waals surface area (Å²) in [7, 11) is 0. The Morgan fingerprint density at radius 2 is 1.87 bits per heavy atom. The SMILES string of the molecule is O=C(NCc1ccccc1F)N1CC[C@H](Nc2ccccc2)C1. The van der Waals surface area contributed by atoms with Gasteiger partial charge in [0, 0.05) is 36.9 Å². The Morgan fingerprint density at radius 3 is 2.65 bits per heavy atom. The number of hydrogen-bond acceptors (Lipinski definition) is 2. The zero-order valence-corrected chi connectivity index (χ0v) is 12.8. The third-order valence-electron chi connectivity index (χ3n) is 4.01. The van der Waals surface area contributed by atoms with Gasteiger partial charge in [-0.1, -0.05) is 36.4 Å². The van der Waals surface area contributed by atoms with E-state index in [-0.39, 0.29) is 24.4 Å². The summed E-state index contributed by atoms with van der Waals surface area (Å²) in [5.74, 6) is -0.294. The predicted molar refractivity (Wildman–Crippen MR) is 88.7 cm³/mol. The Morgan fingerprint density at radius 1 is 1.13 bits per heavy atom. The summed E-state index contributed by atoms with van der Waals surface area (Å²) in [6, 6.07) is 16.6. The summed E-state index contributed by atoms with van der Waals surface area (Å²) in [4.78, 5) is 14.0. The summed E-state index contributed by atoms with van der Waals surface area (Å²) >= 11 is 0. The van der Waals surface area contributed by atoms with Gasteiger partial charge < -0.3 is 15.5 Å². The van der Waals surface area contributed by atoms with E-state index in [2.05, 4.69) is 10.6 Å². The van der Waals surface area contributed by atoms with Crippen molar-refractivity contribution in [2.75, 3.05) is 18.4 Å². The van der Waals surface area contributed by atoms with Crippen LogP contribution < -0.4 is 10.6 Å². The first kappa shape index (κ1) is 15.3. The van der Waals surface area contributed by atoms with E-state index in [1.165, 1.54) is 6.07 Å². The Balaban J connectivity index is 1.49. The van der Waals surface area contributed by atoms with Gasteiger partial charge in [0.2, 0.25) is 0 Å². The number of urea groups is 1. The average Bonchev–Trinajstić information content (AvgIpc) is 3.03. The number of likely N-dealkylation sites (tertiary alicyclic amines) is 1. The molecular weight excluding hydrogens is 293 g/mol. The second-order valence-electron chi connectivity index (χ2n) is 5.69. The molecule has 0 unspecified atom stereocenters. The molecule has 1 atom stereocenters. The Kier molecular flexibility index (Phi) is 4.76. The summed E-state index contributed by atoms with van der Waals surface area (Å²) < 4.78 is 13.5. The van der Waals surface area contributed by atoms with Crippen LogP contribution in [-0.2, 0) is 6.54 Å². The lowest BCUT2D eigenvalue weighted by Crippen LogP contribution is -2.39. The minimum absolute atomic E-state index is 0.148. The summed E-state index contributed by atoms with van der Waals surface area (Å²) in [5, 5.41) is 6.21. The number of nitrogens with zero attached hydrogens (tertiary/aromatic N) is 1. The summed E-state index contributed by atoms with van der Waals surface area (Å²) in [6.45, 7) is 1.56. The maximum Gasteiger partial charge on any atom is 0.317 e. The molecule has 0 aromatic heterocycles. The lowest BCUT2D eigenvalue weighted by atomic mass is 10.2. The molecule has 4 nitrogen and oxygen atoms in total. The number of amides is 2. The maximum absolute atomic E-state index is 13.5. The monoisotopic (exact) mass is 313 g/mol. The van der Waals surface area contributed by atoms with Crippen molar-refractivity contribution in [3.63, 3.8) is 0 Å². The summed E-state index contributed by atoms with van der Waals surface area (Å²) in [5.41, 5.74) is 1.56. The van der Waals surface area contributed by atoms with E-state index in [1.807, 2.05) is 30.3 Å². The number of rotatable bonds is 4. The van der Waals surface area contributed by atoms with Crippen molar-refractivity contribution in [1.82, 2.24) is 10.2 Å². The second-order valence-corrected chi connectivity index (χ2v) is 5.69. The molecule has 1 heterocycles. The fourth-order valence-electron chi connectivity index (χ4n) is 2.76. The van der Waals surface area contributed by atoms with Crippen molar-refractivity contribution in [2.24, 2.45) is 0 Å². The summed E-state index contributed by atoms with van der Waals surface area (Å²) in [6.07, 6.45) is 0.905. The van der Waals surface area contributed by atoms with Gasteiger partial charge in [0.1, 0.15) is 5.82 Å². The smallest absolute Gasteiger partial charge is 0.317 e. The molecule has 0 aliphatic carbocycles. The molecule has 2 aromatic rings. The Hall–Kier alpha value is -2.56. The molecule has 2 amide bonds. The van der Waals surface area contributed by atoms with Crippen LogP contribution in [0.5, 0.6) is 0 Å². The van der Waals surface area contributed by atoms with Crippen LogP contribution in [0.2, 0.25) is 0 Å². The van der Waals surface area contributed by atoms with Crippen LogP contribution in [-0.4, -0.2) is 30.1 Å². The van der Waals surface area contributed by atoms with Crippen LogP contribution in [0.1, 0.15) is 12.0 Å². The Bertz CT molecular complexity index is 662. The highest BCUT2D eigenvalue weighted by molar-refractivity contribution is 5.74. The first-order valence-corrected chi connectivity index (χ1v) is 7.80. The van der Waals surface area contributed by atoms with Gasteiger partial charge in [0.15, 0.2) is 0 Å². The molecule has 1 aliphatic rings. The number of halogens is 1. The van der Waals surface area contributed by atoms with Crippen LogP contribution in [0.4, 0.5) is 14.9 Å². The van der Waals surface area contributed by atoms with Gasteiger partial charge in [-0.2, -0.15) is 0 Å². The number of carbonyl (C=O) groups is 1. The van der Waals surface area contributed by atoms with E-state index >= 15 is 0 Å². The lowest BCUT2D eigenvalue weighted by molar-refractivity contribution is 0.208. The van der Waals surface area contributed by atoms with E-state index in [0.717, 1.165) is 12.1 Å². The molecule has 3 rings (SSSR count). The number of anilines is 1. The predicted octanol–water partition coefficient (Wildman–Crippen LogP) is 3.22. The van der Waals surface area contributed by atoms with Gasteiger partial charge in [-0.25, -0.2) is 9.18 Å². The molecule has 0 bridgehead atoms. The lowest BCUT2D eigenvalue weighted by Gasteiger charge is -2.18. The molecule has 23 heavy (non-hydrogen) atoms. The third-order valence-corrected chi connectivity index (χ3v) is 4.01. The molecular formula is C18H20FN3O. The van der Waals surface area contributed by atoms with Gasteiger partial charge in [0.25, 0.3) is 0 Å². The molecule has 120 valence electrons. The van der Waals surface area contributed by atoms with Crippen molar-refractivity contribution in [3.8, 4) is 0 Å². The molecule has 1 saturated heterocycles. The highest BCUT2D eigenvalue weighted by atomic mass is 19.1. The van der Waals surface area contributed by atoms with Gasteiger partial charge in [-0.3, -0.25) is 0 Å². The van der Waals surface area contributed by atoms with Gasteiger partial charge in [-0.15, -0.1) is 0 Å². The molecule has 5 heteroatoms. The average molecular weight is 313 g/mol. The fourth-order valence-corrected chi connectivity index (χ4v) is 2.76. The third kappa shape index (κ3) is 4.00.